The molecule has 80 heavy (non-hydrogen) atoms. The second-order valence-electron chi connectivity index (χ2n) is 20.7. The third-order valence-electron chi connectivity index (χ3n) is 14.1. The maximum atomic E-state index is 10.6. The molecule has 0 spiro atoms. The topological polar surface area (TPSA) is 35.9 Å². The average molecular weight is 1270 g/mol. The normalized spacial score (nSPS) is 26.2. The monoisotopic (exact) mass is 1270 g/mol. The van der Waals surface area contributed by atoms with E-state index >= 15 is 0 Å². The molecule has 0 N–H and O–H groups in total. The van der Waals surface area contributed by atoms with Crippen LogP contribution in [0.5, 0.6) is 11.5 Å². The fourth-order valence-electron chi connectivity index (χ4n) is 10.4. The predicted octanol–water partition coefficient (Wildman–Crippen LogP) is 18.5. The van der Waals surface area contributed by atoms with Gasteiger partial charge in [-0.1, -0.05) is 196 Å². The first kappa shape index (κ1) is 23.6. The molecule has 3 heterocycles. The molecule has 0 bridgehead atoms. The van der Waals surface area contributed by atoms with E-state index in [0.29, 0.717) is 28.9 Å². The minimum absolute atomic E-state index is 0. The van der Waals surface area contributed by atoms with Crippen molar-refractivity contribution >= 4 is 32.8 Å². The number of nitrogens with zero attached hydrogens (tertiary/aromatic N) is 4. The third-order valence-corrected chi connectivity index (χ3v) is 14.1. The number of hydrogen-bond acceptors (Lipinski definition) is 2. The van der Waals surface area contributed by atoms with Crippen LogP contribution in [0.15, 0.2) is 170 Å². The standard InChI is InChI=1S/C74H70N4O.Pt/c1-47-37-58(50-25-30-60-62(39-50)72(7,8)35-34-71(60,5)6)69(59(38-47)51-26-31-61-63(40-51)74(11,12)45-73(61,9)10)77-46-76(67-41-49(27-32-65(67)77)48-19-14-13-15-20-48)53-21-18-22-54(43-53)79-55-28-29-57-56-23-16-17-24-64(56)78(66(57)44-55)68-42-52(33-36-75-68)70(2,3)4;/h13-33,36-42H,34-35,45H2,1-12H3;/q-2;/i1D3,5D3,6D3,7D3,8D3,9D3,10D3,11D3,12D3,13D,14D,15D,19D,20D,25D,26D,30D,31D,34D2,35D2,39D,40D;. The van der Waals surface area contributed by atoms with Crippen molar-refractivity contribution in [2.75, 3.05) is 0 Å². The minimum atomic E-state index is -4.97. The van der Waals surface area contributed by atoms with Crippen molar-refractivity contribution in [3.8, 4) is 62.1 Å². The van der Waals surface area contributed by atoms with Crippen LogP contribution in [0.25, 0.3) is 83.4 Å². The Hall–Kier alpha value is -7.33. The summed E-state index contributed by atoms with van der Waals surface area (Å²) in [6, 6.07) is 14.8. The largest absolute Gasteiger partial charge is 0.510 e. The second kappa shape index (κ2) is 19.2. The van der Waals surface area contributed by atoms with E-state index in [-0.39, 0.29) is 54.7 Å². The number of ether oxygens (including phenoxy) is 1. The summed E-state index contributed by atoms with van der Waals surface area (Å²) in [5.74, 6) is 0.375. The van der Waals surface area contributed by atoms with Crippen molar-refractivity contribution < 1.29 is 87.9 Å². The van der Waals surface area contributed by atoms with Gasteiger partial charge in [-0.3, -0.25) is 4.57 Å². The summed E-state index contributed by atoms with van der Waals surface area (Å²) in [4.78, 5) is 4.74. The van der Waals surface area contributed by atoms with Gasteiger partial charge in [0.15, 0.2) is 0 Å². The fraction of sp³-hybridized carbons (Fsp3) is 0.270. The zero-order valence-electron chi connectivity index (χ0n) is 84.5. The molecule has 0 radical (unpaired) electrons. The van der Waals surface area contributed by atoms with Crippen LogP contribution in [0.1, 0.15) is 186 Å². The van der Waals surface area contributed by atoms with Crippen LogP contribution < -0.4 is 9.30 Å². The van der Waals surface area contributed by atoms with Gasteiger partial charge < -0.3 is 13.9 Å². The van der Waals surface area contributed by atoms with Crippen LogP contribution in [0.2, 0.25) is 0 Å². The van der Waals surface area contributed by atoms with Crippen molar-refractivity contribution in [1.82, 2.24) is 14.1 Å². The van der Waals surface area contributed by atoms with E-state index in [9.17, 15) is 13.7 Å². The SMILES string of the molecule is [2H]c1c([2H])c([2H])c(-c2ccc3c(c2)n(-c2[c-]c(Oc4[c-]c5c(cc4)c4ccccc4n5-c4cc(C(C)(C)C)ccn4)ccc2)[c-][n+]3-c2c(-c3c([2H])c([2H])c4c(c3[2H])C(C([2H])([2H])[2H])(C([2H])([2H])[2H])CC4(C([2H])([2H])[2H])C([2H])([2H])[2H])cc(C([2H])([2H])[2H])cc2-c2c([2H])c([2H])c3c(c2[2H])C(C([2H])([2H])[2H])(C([2H])([2H])[2H])C([2H])([2H])C([2H])([2H])C3(C([2H])([2H])[2H])C([2H])([2H])[2H])c([2H])c1[2H].[Pt]. The van der Waals surface area contributed by atoms with Gasteiger partial charge in [-0.25, -0.2) is 4.98 Å². The van der Waals surface area contributed by atoms with Crippen LogP contribution in [0.4, 0.5) is 0 Å². The molecule has 2 aliphatic rings. The van der Waals surface area contributed by atoms with Crippen molar-refractivity contribution in [1.29, 1.82) is 0 Å². The van der Waals surface area contributed by atoms with Crippen LogP contribution in [0, 0.1) is 25.3 Å². The molecule has 404 valence electrons. The van der Waals surface area contributed by atoms with Gasteiger partial charge in [-0.2, -0.15) is 18.2 Å². The molecule has 0 aliphatic heterocycles. The van der Waals surface area contributed by atoms with E-state index in [1.54, 1.807) is 18.3 Å². The minimum Gasteiger partial charge on any atom is -0.510 e. The number of rotatable bonds is 8. The predicted molar refractivity (Wildman–Crippen MR) is 326 cm³/mol. The van der Waals surface area contributed by atoms with E-state index in [1.807, 2.05) is 61.7 Å². The van der Waals surface area contributed by atoms with Crippen molar-refractivity contribution in [2.45, 2.75) is 129 Å². The van der Waals surface area contributed by atoms with Crippen LogP contribution >= 0.6 is 0 Å². The molecule has 8 aromatic carbocycles. The molecule has 0 saturated heterocycles. The maximum Gasteiger partial charge on any atom is 0.268 e. The summed E-state index contributed by atoms with van der Waals surface area (Å²) in [7, 11) is 0. The van der Waals surface area contributed by atoms with Gasteiger partial charge in [0.2, 0.25) is 0 Å². The zero-order chi connectivity index (χ0) is 90.6. The maximum absolute atomic E-state index is 10.6. The molecular formula is C74H70N4OPt-2. The molecule has 2 aliphatic carbocycles. The van der Waals surface area contributed by atoms with E-state index in [1.165, 1.54) is 18.2 Å². The molecule has 5 nitrogen and oxygen atoms in total. The number of aryl methyl sites for hydroxylation is 1. The Morgan fingerprint density at radius 3 is 2.01 bits per heavy atom. The Morgan fingerprint density at radius 1 is 0.625 bits per heavy atom. The number of fused-ring (bicyclic) bond motifs is 6. The van der Waals surface area contributed by atoms with Gasteiger partial charge in [0.05, 0.1) is 31.8 Å². The average Bonchev–Trinajstić information content (AvgIpc) is 0.872. The summed E-state index contributed by atoms with van der Waals surface area (Å²) < 4.78 is 399. The Kier molecular flexibility index (Phi) is 5.66. The molecule has 0 amide bonds. The van der Waals surface area contributed by atoms with Crippen molar-refractivity contribution in [2.24, 2.45) is 0 Å². The van der Waals surface area contributed by atoms with Gasteiger partial charge in [-0.15, -0.1) is 29.7 Å². The molecule has 0 unspecified atom stereocenters. The number of aromatic nitrogens is 4. The van der Waals surface area contributed by atoms with E-state index < -0.39 is 236 Å². The molecule has 0 saturated carbocycles. The zero-order valence-corrected chi connectivity index (χ0v) is 44.8. The number of para-hydroxylation sites is 1. The third kappa shape index (κ3) is 9.05. The van der Waals surface area contributed by atoms with Gasteiger partial charge >= 0.3 is 0 Å². The molecular weight excluding hydrogens is 1160 g/mol. The number of benzene rings is 8. The molecule has 0 atom stereocenters. The molecule has 11 aromatic rings. The van der Waals surface area contributed by atoms with Crippen molar-refractivity contribution in [3.63, 3.8) is 0 Å². The van der Waals surface area contributed by atoms with Gasteiger partial charge in [0.1, 0.15) is 5.82 Å². The van der Waals surface area contributed by atoms with Crippen LogP contribution in [0.3, 0.4) is 0 Å². The van der Waals surface area contributed by atoms with Gasteiger partial charge in [-0.05, 0) is 150 Å². The number of pyridine rings is 1. The smallest absolute Gasteiger partial charge is 0.268 e. The Morgan fingerprint density at radius 2 is 1.30 bits per heavy atom. The summed E-state index contributed by atoms with van der Waals surface area (Å²) in [5.41, 5.74) is -32.1. The van der Waals surface area contributed by atoms with E-state index in [2.05, 4.69) is 18.5 Å². The van der Waals surface area contributed by atoms with Crippen LogP contribution in [-0.2, 0) is 48.1 Å². The van der Waals surface area contributed by atoms with Crippen molar-refractivity contribution in [3.05, 3.63) is 222 Å². The Labute approximate surface area is 546 Å². The first-order valence-electron chi connectivity index (χ1n) is 45.7. The summed E-state index contributed by atoms with van der Waals surface area (Å²) in [5, 5.41) is 1.49. The molecule has 6 heteroatoms. The molecule has 3 aromatic heterocycles. The quantitative estimate of drug-likeness (QED) is 0.112. The number of hydrogen-bond donors (Lipinski definition) is 0. The first-order valence-corrected chi connectivity index (χ1v) is 24.7. The summed E-state index contributed by atoms with van der Waals surface area (Å²) >= 11 is 0. The summed E-state index contributed by atoms with van der Waals surface area (Å²) in [6.45, 7) is -32.9. The van der Waals surface area contributed by atoms with E-state index in [4.69, 9.17) is 53.6 Å². The molecule has 0 fully saturated rings. The number of imidazole rings is 1. The summed E-state index contributed by atoms with van der Waals surface area (Å²) in [6.07, 6.45) is -7.22. The van der Waals surface area contributed by atoms with Gasteiger partial charge in [0.25, 0.3) is 6.33 Å². The van der Waals surface area contributed by atoms with E-state index in [0.717, 1.165) is 43.8 Å². The Bertz CT molecular complexity index is 6090. The second-order valence-corrected chi connectivity index (χ2v) is 20.7. The fourth-order valence-corrected chi connectivity index (χ4v) is 10.4. The first-order chi connectivity index (χ1) is 55.0. The Balaban J connectivity index is 0.0000136. The van der Waals surface area contributed by atoms with Gasteiger partial charge in [0, 0.05) is 86.8 Å². The van der Waals surface area contributed by atoms with Crippen LogP contribution in [-0.4, -0.2) is 14.1 Å². The molecule has 13 rings (SSSR count).